The molecule has 3 rings (SSSR count). The second-order valence-electron chi connectivity index (χ2n) is 6.13. The van der Waals surface area contributed by atoms with Crippen molar-refractivity contribution in [2.24, 2.45) is 10.9 Å². The quantitative estimate of drug-likeness (QED) is 0.368. The number of rotatable bonds is 5. The van der Waals surface area contributed by atoms with Crippen molar-refractivity contribution in [1.82, 2.24) is 20.8 Å². The van der Waals surface area contributed by atoms with Crippen molar-refractivity contribution >= 4 is 41.5 Å². The highest BCUT2D eigenvalue weighted by atomic mass is 127. The SMILES string of the molecule is CCNC(=NCc1nc(-c2cccc(Cl)c2)no1)NC1CCCC1C#N.I. The third-order valence-corrected chi connectivity index (χ3v) is 4.51. The molecule has 1 saturated carbocycles. The van der Waals surface area contributed by atoms with Crippen LogP contribution in [0.3, 0.4) is 0 Å². The molecule has 7 nitrogen and oxygen atoms in total. The summed E-state index contributed by atoms with van der Waals surface area (Å²) in [5, 5.41) is 20.4. The molecule has 27 heavy (non-hydrogen) atoms. The first-order valence-corrected chi connectivity index (χ1v) is 9.10. The predicted octanol–water partition coefficient (Wildman–Crippen LogP) is 3.76. The van der Waals surface area contributed by atoms with Crippen LogP contribution in [0.2, 0.25) is 5.02 Å². The fraction of sp³-hybridized carbons (Fsp3) is 0.444. The standard InChI is InChI=1S/C18H21ClN6O.HI/c1-2-21-18(23-15-8-4-6-13(15)10-20)22-11-16-24-17(25-26-16)12-5-3-7-14(19)9-12;/h3,5,7,9,13,15H,2,4,6,8,11H2,1H3,(H2,21,22,23);1H. The van der Waals surface area contributed by atoms with Crippen molar-refractivity contribution in [2.45, 2.75) is 38.8 Å². The summed E-state index contributed by atoms with van der Waals surface area (Å²) in [6, 6.07) is 9.78. The molecule has 0 saturated heterocycles. The topological polar surface area (TPSA) is 99.1 Å². The average molecular weight is 501 g/mol. The van der Waals surface area contributed by atoms with Crippen LogP contribution in [0.15, 0.2) is 33.8 Å². The molecule has 0 bridgehead atoms. The lowest BCUT2D eigenvalue weighted by Gasteiger charge is -2.19. The van der Waals surface area contributed by atoms with Crippen molar-refractivity contribution in [2.75, 3.05) is 6.54 Å². The normalized spacial score (nSPS) is 19.2. The molecule has 1 aromatic heterocycles. The van der Waals surface area contributed by atoms with Gasteiger partial charge in [0, 0.05) is 23.2 Å². The Balaban J connectivity index is 0.00000261. The van der Waals surface area contributed by atoms with E-state index in [9.17, 15) is 5.26 Å². The zero-order chi connectivity index (χ0) is 18.4. The summed E-state index contributed by atoms with van der Waals surface area (Å²) < 4.78 is 5.28. The van der Waals surface area contributed by atoms with Gasteiger partial charge in [-0.15, -0.1) is 24.0 Å². The summed E-state index contributed by atoms with van der Waals surface area (Å²) in [6.45, 7) is 2.98. The predicted molar refractivity (Wildman–Crippen MR) is 115 cm³/mol. The molecule has 2 N–H and O–H groups in total. The number of hydrogen-bond donors (Lipinski definition) is 2. The molecule has 0 radical (unpaired) electrons. The molecule has 9 heteroatoms. The summed E-state index contributed by atoms with van der Waals surface area (Å²) in [6.07, 6.45) is 2.96. The van der Waals surface area contributed by atoms with Crippen LogP contribution in [-0.4, -0.2) is 28.7 Å². The van der Waals surface area contributed by atoms with Gasteiger partial charge in [-0.1, -0.05) is 28.9 Å². The summed E-state index contributed by atoms with van der Waals surface area (Å²) in [7, 11) is 0. The third kappa shape index (κ3) is 5.81. The van der Waals surface area contributed by atoms with Gasteiger partial charge >= 0.3 is 0 Å². The zero-order valence-electron chi connectivity index (χ0n) is 15.0. The molecule has 1 aliphatic rings. The van der Waals surface area contributed by atoms with E-state index in [2.05, 4.69) is 31.8 Å². The van der Waals surface area contributed by atoms with Crippen LogP contribution in [0.1, 0.15) is 32.1 Å². The van der Waals surface area contributed by atoms with Crippen LogP contribution in [0.4, 0.5) is 0 Å². The smallest absolute Gasteiger partial charge is 0.248 e. The average Bonchev–Trinajstić information content (AvgIpc) is 3.29. The first kappa shape index (κ1) is 21.4. The Morgan fingerprint density at radius 3 is 3.04 bits per heavy atom. The second kappa shape index (κ2) is 10.5. The Bertz CT molecular complexity index is 818. The van der Waals surface area contributed by atoms with Gasteiger partial charge in [0.1, 0.15) is 6.54 Å². The van der Waals surface area contributed by atoms with Crippen molar-refractivity contribution in [1.29, 1.82) is 5.26 Å². The van der Waals surface area contributed by atoms with Gasteiger partial charge in [0.2, 0.25) is 11.7 Å². The molecule has 1 aliphatic carbocycles. The van der Waals surface area contributed by atoms with Crippen LogP contribution in [0.5, 0.6) is 0 Å². The number of nitrogens with one attached hydrogen (secondary N) is 2. The number of guanidine groups is 1. The first-order chi connectivity index (χ1) is 12.7. The van der Waals surface area contributed by atoms with Crippen LogP contribution >= 0.6 is 35.6 Å². The molecule has 2 unspecified atom stereocenters. The highest BCUT2D eigenvalue weighted by Crippen LogP contribution is 2.24. The molecule has 0 amide bonds. The molecule has 1 heterocycles. The maximum atomic E-state index is 9.22. The van der Waals surface area contributed by atoms with Crippen LogP contribution < -0.4 is 10.6 Å². The van der Waals surface area contributed by atoms with Crippen molar-refractivity contribution in [3.63, 3.8) is 0 Å². The lowest BCUT2D eigenvalue weighted by atomic mass is 10.1. The lowest BCUT2D eigenvalue weighted by Crippen LogP contribution is -2.44. The van der Waals surface area contributed by atoms with Crippen LogP contribution in [0.25, 0.3) is 11.4 Å². The van der Waals surface area contributed by atoms with Crippen molar-refractivity contribution in [3.8, 4) is 17.5 Å². The molecular weight excluding hydrogens is 479 g/mol. The van der Waals surface area contributed by atoms with Gasteiger partial charge in [-0.3, -0.25) is 0 Å². The molecule has 1 fully saturated rings. The molecule has 0 spiro atoms. The number of benzene rings is 1. The van der Waals surface area contributed by atoms with Gasteiger partial charge in [0.25, 0.3) is 0 Å². The number of aromatic nitrogens is 2. The van der Waals surface area contributed by atoms with E-state index in [0.29, 0.717) is 22.7 Å². The van der Waals surface area contributed by atoms with E-state index in [0.717, 1.165) is 31.4 Å². The van der Waals surface area contributed by atoms with Gasteiger partial charge < -0.3 is 15.2 Å². The van der Waals surface area contributed by atoms with Gasteiger partial charge in [-0.25, -0.2) is 4.99 Å². The molecule has 1 aromatic carbocycles. The Hall–Kier alpha value is -1.86. The number of aliphatic imine (C=N–C) groups is 1. The summed E-state index contributed by atoms with van der Waals surface area (Å²) in [5.41, 5.74) is 0.796. The summed E-state index contributed by atoms with van der Waals surface area (Å²) in [4.78, 5) is 8.87. The van der Waals surface area contributed by atoms with E-state index in [4.69, 9.17) is 16.1 Å². The maximum Gasteiger partial charge on any atom is 0.248 e. The minimum absolute atomic E-state index is 0. The molecule has 2 atom stereocenters. The fourth-order valence-corrected chi connectivity index (χ4v) is 3.18. The minimum Gasteiger partial charge on any atom is -0.357 e. The Labute approximate surface area is 180 Å². The van der Waals surface area contributed by atoms with Crippen LogP contribution in [-0.2, 0) is 6.54 Å². The van der Waals surface area contributed by atoms with E-state index in [1.165, 1.54) is 0 Å². The van der Waals surface area contributed by atoms with Crippen LogP contribution in [0, 0.1) is 17.2 Å². The van der Waals surface area contributed by atoms with Gasteiger partial charge in [0.15, 0.2) is 5.96 Å². The Morgan fingerprint density at radius 2 is 2.30 bits per heavy atom. The molecular formula is C18H22ClIN6O. The summed E-state index contributed by atoms with van der Waals surface area (Å²) >= 11 is 6.00. The zero-order valence-corrected chi connectivity index (χ0v) is 18.1. The fourth-order valence-electron chi connectivity index (χ4n) is 2.99. The third-order valence-electron chi connectivity index (χ3n) is 4.27. The Morgan fingerprint density at radius 1 is 1.44 bits per heavy atom. The number of nitrogens with zero attached hydrogens (tertiary/aromatic N) is 4. The second-order valence-corrected chi connectivity index (χ2v) is 6.57. The molecule has 144 valence electrons. The number of halogens is 2. The number of nitriles is 1. The van der Waals surface area contributed by atoms with E-state index in [-0.39, 0.29) is 42.5 Å². The van der Waals surface area contributed by atoms with E-state index < -0.39 is 0 Å². The lowest BCUT2D eigenvalue weighted by molar-refractivity contribution is 0.380. The monoisotopic (exact) mass is 500 g/mol. The maximum absolute atomic E-state index is 9.22. The summed E-state index contributed by atoms with van der Waals surface area (Å²) in [5.74, 6) is 1.58. The van der Waals surface area contributed by atoms with Crippen molar-refractivity contribution in [3.05, 3.63) is 35.2 Å². The Kier molecular flexibility index (Phi) is 8.31. The van der Waals surface area contributed by atoms with E-state index >= 15 is 0 Å². The highest BCUT2D eigenvalue weighted by molar-refractivity contribution is 14.0. The molecule has 2 aromatic rings. The van der Waals surface area contributed by atoms with Crippen molar-refractivity contribution < 1.29 is 4.52 Å². The van der Waals surface area contributed by atoms with Gasteiger partial charge in [-0.05, 0) is 38.3 Å². The van der Waals surface area contributed by atoms with Gasteiger partial charge in [0.05, 0.1) is 12.0 Å². The number of hydrogen-bond acceptors (Lipinski definition) is 5. The molecule has 0 aliphatic heterocycles. The highest BCUT2D eigenvalue weighted by Gasteiger charge is 2.27. The first-order valence-electron chi connectivity index (χ1n) is 8.72. The minimum atomic E-state index is 0. The van der Waals surface area contributed by atoms with E-state index in [1.807, 2.05) is 19.1 Å². The largest absolute Gasteiger partial charge is 0.357 e. The van der Waals surface area contributed by atoms with E-state index in [1.54, 1.807) is 12.1 Å². The van der Waals surface area contributed by atoms with Gasteiger partial charge in [-0.2, -0.15) is 10.2 Å².